The van der Waals surface area contributed by atoms with Crippen molar-refractivity contribution in [2.45, 2.75) is 25.8 Å². The first-order chi connectivity index (χ1) is 9.91. The van der Waals surface area contributed by atoms with Gasteiger partial charge in [0.2, 0.25) is 0 Å². The van der Waals surface area contributed by atoms with Crippen LogP contribution in [0.5, 0.6) is 0 Å². The Labute approximate surface area is 125 Å². The van der Waals surface area contributed by atoms with Gasteiger partial charge in [-0.05, 0) is 30.5 Å². The highest BCUT2D eigenvalue weighted by molar-refractivity contribution is 7.86. The first kappa shape index (κ1) is 16.4. The first-order valence-electron chi connectivity index (χ1n) is 7.19. The summed E-state index contributed by atoms with van der Waals surface area (Å²) in [7, 11) is -3.62. The molecule has 1 aliphatic rings. The van der Waals surface area contributed by atoms with Crippen molar-refractivity contribution in [3.8, 4) is 0 Å². The van der Waals surface area contributed by atoms with Gasteiger partial charge in [0.15, 0.2) is 0 Å². The molecule has 0 unspecified atom stereocenters. The fourth-order valence-corrected chi connectivity index (χ4v) is 3.59. The molecule has 0 aliphatic carbocycles. The van der Waals surface area contributed by atoms with E-state index in [1.165, 1.54) is 16.4 Å². The highest BCUT2D eigenvalue weighted by Crippen LogP contribution is 2.25. The van der Waals surface area contributed by atoms with E-state index >= 15 is 0 Å². The second kappa shape index (κ2) is 6.83. The van der Waals surface area contributed by atoms with Crippen LogP contribution in [0.1, 0.15) is 31.4 Å². The van der Waals surface area contributed by atoms with Crippen LogP contribution in [0.3, 0.4) is 0 Å². The molecule has 21 heavy (non-hydrogen) atoms. The summed E-state index contributed by atoms with van der Waals surface area (Å²) in [5, 5.41) is 5.20. The van der Waals surface area contributed by atoms with E-state index in [0.29, 0.717) is 19.6 Å². The van der Waals surface area contributed by atoms with Crippen LogP contribution in [0, 0.1) is 5.82 Å². The molecule has 2 rings (SSSR count). The van der Waals surface area contributed by atoms with Gasteiger partial charge in [0.05, 0.1) is 0 Å². The molecule has 0 saturated carbocycles. The average Bonchev–Trinajstić information content (AvgIpc) is 2.67. The third kappa shape index (κ3) is 4.23. The molecule has 1 aliphatic heterocycles. The Kier molecular flexibility index (Phi) is 5.32. The van der Waals surface area contributed by atoms with Gasteiger partial charge in [-0.1, -0.05) is 19.1 Å². The zero-order chi connectivity index (χ0) is 15.5. The molecule has 0 radical (unpaired) electrons. The smallest absolute Gasteiger partial charge is 0.276 e. The summed E-state index contributed by atoms with van der Waals surface area (Å²) in [6, 6.07) is 6.70. The van der Waals surface area contributed by atoms with Crippen LogP contribution in [0.2, 0.25) is 0 Å². The van der Waals surface area contributed by atoms with Crippen LogP contribution in [0.15, 0.2) is 24.3 Å². The fourth-order valence-electron chi connectivity index (χ4n) is 2.87. The molecule has 1 aromatic carbocycles. The predicted molar refractivity (Wildman–Crippen MR) is 80.3 cm³/mol. The van der Waals surface area contributed by atoms with Gasteiger partial charge in [-0.3, -0.25) is 4.90 Å². The van der Waals surface area contributed by atoms with Crippen molar-refractivity contribution in [2.75, 3.05) is 26.2 Å². The van der Waals surface area contributed by atoms with Gasteiger partial charge in [0, 0.05) is 32.2 Å². The third-order valence-corrected chi connectivity index (χ3v) is 5.02. The lowest BCUT2D eigenvalue weighted by molar-refractivity contribution is 0.202. The van der Waals surface area contributed by atoms with Gasteiger partial charge < -0.3 is 0 Å². The van der Waals surface area contributed by atoms with Gasteiger partial charge in [0.25, 0.3) is 10.2 Å². The zero-order valence-corrected chi connectivity index (χ0v) is 13.0. The topological polar surface area (TPSA) is 66.6 Å². The number of benzene rings is 1. The fraction of sp³-hybridized carbons (Fsp3) is 0.571. The highest BCUT2D eigenvalue weighted by atomic mass is 32.2. The number of nitrogens with zero attached hydrogens (tertiary/aromatic N) is 2. The van der Waals surface area contributed by atoms with E-state index in [4.69, 9.17) is 5.14 Å². The van der Waals surface area contributed by atoms with Gasteiger partial charge in [-0.15, -0.1) is 0 Å². The minimum absolute atomic E-state index is 0.172. The first-order valence-corrected chi connectivity index (χ1v) is 8.69. The molecule has 0 aromatic heterocycles. The second-order valence-corrected chi connectivity index (χ2v) is 6.86. The Morgan fingerprint density at radius 2 is 1.86 bits per heavy atom. The summed E-state index contributed by atoms with van der Waals surface area (Å²) < 4.78 is 37.2. The Morgan fingerprint density at radius 1 is 1.19 bits per heavy atom. The summed E-state index contributed by atoms with van der Waals surface area (Å²) in [6.45, 7) is 4.37. The molecule has 0 amide bonds. The maximum atomic E-state index is 13.0. The number of rotatable bonds is 4. The van der Waals surface area contributed by atoms with E-state index in [-0.39, 0.29) is 11.9 Å². The van der Waals surface area contributed by atoms with Crippen LogP contribution in [-0.2, 0) is 10.2 Å². The molecule has 7 heteroatoms. The van der Waals surface area contributed by atoms with E-state index in [0.717, 1.165) is 24.9 Å². The SMILES string of the molecule is CC[C@H](c1ccc(F)cc1)N1CCCN(S(N)(=O)=O)CC1. The van der Waals surface area contributed by atoms with Crippen molar-refractivity contribution >= 4 is 10.2 Å². The predicted octanol–water partition coefficient (Wildman–Crippen LogP) is 1.49. The van der Waals surface area contributed by atoms with Crippen LogP contribution >= 0.6 is 0 Å². The van der Waals surface area contributed by atoms with Crippen LogP contribution < -0.4 is 5.14 Å². The van der Waals surface area contributed by atoms with Gasteiger partial charge in [-0.2, -0.15) is 12.7 Å². The quantitative estimate of drug-likeness (QED) is 0.915. The second-order valence-electron chi connectivity index (χ2n) is 5.31. The number of halogens is 1. The van der Waals surface area contributed by atoms with Gasteiger partial charge in [-0.25, -0.2) is 9.53 Å². The molecule has 5 nitrogen and oxygen atoms in total. The lowest BCUT2D eigenvalue weighted by atomic mass is 10.0. The minimum atomic E-state index is -3.62. The van der Waals surface area contributed by atoms with Gasteiger partial charge >= 0.3 is 0 Å². The van der Waals surface area contributed by atoms with Crippen LogP contribution in [0.25, 0.3) is 0 Å². The van der Waals surface area contributed by atoms with E-state index in [1.807, 2.05) is 0 Å². The molecule has 1 aromatic rings. The average molecular weight is 315 g/mol. The Balaban J connectivity index is 2.11. The number of hydrogen-bond donors (Lipinski definition) is 1. The molecule has 118 valence electrons. The van der Waals surface area contributed by atoms with Crippen molar-refractivity contribution in [1.29, 1.82) is 0 Å². The molecular formula is C14H22FN3O2S. The molecule has 0 bridgehead atoms. The normalized spacial score (nSPS) is 20.1. The number of hydrogen-bond acceptors (Lipinski definition) is 3. The van der Waals surface area contributed by atoms with E-state index < -0.39 is 10.2 Å². The monoisotopic (exact) mass is 315 g/mol. The van der Waals surface area contributed by atoms with E-state index in [1.54, 1.807) is 12.1 Å². The summed E-state index contributed by atoms with van der Waals surface area (Å²) in [5.41, 5.74) is 1.06. The minimum Gasteiger partial charge on any atom is -0.295 e. The lowest BCUT2D eigenvalue weighted by Crippen LogP contribution is -2.39. The molecule has 1 saturated heterocycles. The van der Waals surface area contributed by atoms with Crippen molar-refractivity contribution in [1.82, 2.24) is 9.21 Å². The Bertz CT molecular complexity index is 562. The molecular weight excluding hydrogens is 293 g/mol. The van der Waals surface area contributed by atoms with E-state index in [9.17, 15) is 12.8 Å². The third-order valence-electron chi connectivity index (χ3n) is 3.93. The maximum Gasteiger partial charge on any atom is 0.276 e. The maximum absolute atomic E-state index is 13.0. The van der Waals surface area contributed by atoms with Crippen molar-refractivity contribution in [2.24, 2.45) is 5.14 Å². The molecule has 1 fully saturated rings. The standard InChI is InChI=1S/C14H22FN3O2S/c1-2-14(12-4-6-13(15)7-5-12)17-8-3-9-18(11-10-17)21(16,19)20/h4-7,14H,2-3,8-11H2,1H3,(H2,16,19,20)/t14-/m1/s1. The van der Waals surface area contributed by atoms with E-state index in [2.05, 4.69) is 11.8 Å². The van der Waals surface area contributed by atoms with Crippen LogP contribution in [-0.4, -0.2) is 43.8 Å². The lowest BCUT2D eigenvalue weighted by Gasteiger charge is -2.30. The largest absolute Gasteiger partial charge is 0.295 e. The molecule has 0 spiro atoms. The van der Waals surface area contributed by atoms with Crippen molar-refractivity contribution in [3.05, 3.63) is 35.6 Å². The summed E-state index contributed by atoms with van der Waals surface area (Å²) in [4.78, 5) is 2.25. The van der Waals surface area contributed by atoms with Gasteiger partial charge in [0.1, 0.15) is 5.82 Å². The number of nitrogens with two attached hydrogens (primary N) is 1. The Hall–Kier alpha value is -1.02. The zero-order valence-electron chi connectivity index (χ0n) is 12.2. The molecule has 1 heterocycles. The molecule has 2 N–H and O–H groups in total. The summed E-state index contributed by atoms with van der Waals surface area (Å²) in [5.74, 6) is -0.245. The molecule has 1 atom stereocenters. The van der Waals surface area contributed by atoms with Crippen molar-refractivity contribution in [3.63, 3.8) is 0 Å². The Morgan fingerprint density at radius 3 is 2.43 bits per heavy atom. The van der Waals surface area contributed by atoms with Crippen LogP contribution in [0.4, 0.5) is 4.39 Å². The highest BCUT2D eigenvalue weighted by Gasteiger charge is 2.25. The summed E-state index contributed by atoms with van der Waals surface area (Å²) >= 11 is 0. The van der Waals surface area contributed by atoms with Crippen molar-refractivity contribution < 1.29 is 12.8 Å². The summed E-state index contributed by atoms with van der Waals surface area (Å²) in [6.07, 6.45) is 1.63.